The molecule has 15 heavy (non-hydrogen) atoms. The van der Waals surface area contributed by atoms with E-state index in [-0.39, 0.29) is 0 Å². The van der Waals surface area contributed by atoms with Crippen molar-refractivity contribution in [2.45, 2.75) is 51.6 Å². The summed E-state index contributed by atoms with van der Waals surface area (Å²) in [5.74, 6) is 0. The van der Waals surface area contributed by atoms with Gasteiger partial charge in [0, 0.05) is 31.7 Å². The van der Waals surface area contributed by atoms with Crippen molar-refractivity contribution < 1.29 is 0 Å². The molecule has 2 heteroatoms. The molecule has 0 saturated carbocycles. The number of nitrogens with zero attached hydrogens (tertiary/aromatic N) is 1. The number of hydrogen-bond acceptors (Lipinski definition) is 2. The molecular formula is C13H26N2. The van der Waals surface area contributed by atoms with Crippen molar-refractivity contribution >= 4 is 0 Å². The highest BCUT2D eigenvalue weighted by Gasteiger charge is 2.25. The summed E-state index contributed by atoms with van der Waals surface area (Å²) in [6, 6.07) is 1.45. The Morgan fingerprint density at radius 3 is 2.87 bits per heavy atom. The van der Waals surface area contributed by atoms with E-state index in [1.165, 1.54) is 32.4 Å². The molecule has 88 valence electrons. The van der Waals surface area contributed by atoms with E-state index in [0.717, 1.165) is 19.0 Å². The summed E-state index contributed by atoms with van der Waals surface area (Å²) >= 11 is 0. The smallest absolute Gasteiger partial charge is 0.0218 e. The SMILES string of the molecule is C=CCCN1CC(CCC)NCC1CC. The Balaban J connectivity index is 2.41. The van der Waals surface area contributed by atoms with E-state index in [1.807, 2.05) is 6.08 Å². The van der Waals surface area contributed by atoms with Crippen molar-refractivity contribution in [3.05, 3.63) is 12.7 Å². The van der Waals surface area contributed by atoms with Gasteiger partial charge in [0.2, 0.25) is 0 Å². The van der Waals surface area contributed by atoms with Crippen LogP contribution in [0.15, 0.2) is 12.7 Å². The molecule has 0 bridgehead atoms. The lowest BCUT2D eigenvalue weighted by Gasteiger charge is -2.40. The highest BCUT2D eigenvalue weighted by molar-refractivity contribution is 4.86. The first-order valence-electron chi connectivity index (χ1n) is 6.40. The van der Waals surface area contributed by atoms with Crippen molar-refractivity contribution in [1.29, 1.82) is 0 Å². The van der Waals surface area contributed by atoms with E-state index in [4.69, 9.17) is 0 Å². The van der Waals surface area contributed by atoms with E-state index in [9.17, 15) is 0 Å². The standard InChI is InChI=1S/C13H26N2/c1-4-7-9-15-11-12(8-5-2)14-10-13(15)6-3/h4,12-14H,1,5-11H2,2-3H3. The molecule has 0 amide bonds. The van der Waals surface area contributed by atoms with Gasteiger partial charge < -0.3 is 5.32 Å². The summed E-state index contributed by atoms with van der Waals surface area (Å²) in [6.07, 6.45) is 6.99. The first kappa shape index (κ1) is 12.7. The molecule has 2 atom stereocenters. The Labute approximate surface area is 94.7 Å². The van der Waals surface area contributed by atoms with Gasteiger partial charge in [-0.15, -0.1) is 6.58 Å². The van der Waals surface area contributed by atoms with Crippen LogP contribution >= 0.6 is 0 Å². The van der Waals surface area contributed by atoms with E-state index >= 15 is 0 Å². The maximum absolute atomic E-state index is 3.81. The van der Waals surface area contributed by atoms with Crippen LogP contribution in [0.1, 0.15) is 39.5 Å². The van der Waals surface area contributed by atoms with Gasteiger partial charge >= 0.3 is 0 Å². The molecule has 1 heterocycles. The summed E-state index contributed by atoms with van der Waals surface area (Å²) in [5.41, 5.74) is 0. The first-order valence-corrected chi connectivity index (χ1v) is 6.40. The van der Waals surface area contributed by atoms with E-state index < -0.39 is 0 Å². The minimum atomic E-state index is 0.711. The summed E-state index contributed by atoms with van der Waals surface area (Å²) in [6.45, 7) is 11.9. The van der Waals surface area contributed by atoms with Crippen molar-refractivity contribution in [3.63, 3.8) is 0 Å². The Kier molecular flexibility index (Phi) is 5.96. The summed E-state index contributed by atoms with van der Waals surface area (Å²) < 4.78 is 0. The molecule has 2 nitrogen and oxygen atoms in total. The largest absolute Gasteiger partial charge is 0.311 e. The maximum atomic E-state index is 3.81. The third-order valence-corrected chi connectivity index (χ3v) is 3.34. The molecule has 0 radical (unpaired) electrons. The topological polar surface area (TPSA) is 15.3 Å². The minimum absolute atomic E-state index is 0.711. The molecule has 0 aromatic heterocycles. The minimum Gasteiger partial charge on any atom is -0.311 e. The molecule has 1 aliphatic rings. The fourth-order valence-electron chi connectivity index (χ4n) is 2.40. The normalized spacial score (nSPS) is 27.9. The zero-order valence-corrected chi connectivity index (χ0v) is 10.3. The van der Waals surface area contributed by atoms with Crippen molar-refractivity contribution in [2.24, 2.45) is 0 Å². The predicted octanol–water partition coefficient (Wildman–Crippen LogP) is 2.42. The summed E-state index contributed by atoms with van der Waals surface area (Å²) in [5, 5.41) is 3.66. The maximum Gasteiger partial charge on any atom is 0.0218 e. The highest BCUT2D eigenvalue weighted by Crippen LogP contribution is 2.13. The van der Waals surface area contributed by atoms with E-state index in [0.29, 0.717) is 6.04 Å². The Morgan fingerprint density at radius 1 is 1.47 bits per heavy atom. The molecule has 2 unspecified atom stereocenters. The molecule has 1 saturated heterocycles. The van der Waals surface area contributed by atoms with Crippen molar-refractivity contribution in [3.8, 4) is 0 Å². The van der Waals surface area contributed by atoms with Gasteiger partial charge in [0.25, 0.3) is 0 Å². The van der Waals surface area contributed by atoms with Crippen LogP contribution in [-0.2, 0) is 0 Å². The average Bonchev–Trinajstić information content (AvgIpc) is 2.27. The quantitative estimate of drug-likeness (QED) is 0.677. The lowest BCUT2D eigenvalue weighted by Crippen LogP contribution is -2.56. The number of rotatable bonds is 6. The van der Waals surface area contributed by atoms with Crippen LogP contribution in [0.3, 0.4) is 0 Å². The molecular weight excluding hydrogens is 184 g/mol. The van der Waals surface area contributed by atoms with Crippen LogP contribution in [0.2, 0.25) is 0 Å². The fraction of sp³-hybridized carbons (Fsp3) is 0.846. The van der Waals surface area contributed by atoms with Crippen LogP contribution in [0, 0.1) is 0 Å². The van der Waals surface area contributed by atoms with Crippen LogP contribution in [0.4, 0.5) is 0 Å². The van der Waals surface area contributed by atoms with E-state index in [2.05, 4.69) is 30.6 Å². The van der Waals surface area contributed by atoms with Crippen molar-refractivity contribution in [1.82, 2.24) is 10.2 Å². The van der Waals surface area contributed by atoms with Gasteiger partial charge in [0.1, 0.15) is 0 Å². The zero-order chi connectivity index (χ0) is 11.1. The third kappa shape index (κ3) is 3.96. The second-order valence-corrected chi connectivity index (χ2v) is 4.53. The van der Waals surface area contributed by atoms with Crippen LogP contribution in [0.5, 0.6) is 0 Å². The molecule has 1 aliphatic heterocycles. The third-order valence-electron chi connectivity index (χ3n) is 3.34. The first-order chi connectivity index (χ1) is 7.31. The van der Waals surface area contributed by atoms with Gasteiger partial charge in [-0.25, -0.2) is 0 Å². The summed E-state index contributed by atoms with van der Waals surface area (Å²) in [4.78, 5) is 2.64. The Hall–Kier alpha value is -0.340. The lowest BCUT2D eigenvalue weighted by atomic mass is 10.0. The average molecular weight is 210 g/mol. The number of hydrogen-bond donors (Lipinski definition) is 1. The van der Waals surface area contributed by atoms with Gasteiger partial charge in [0.05, 0.1) is 0 Å². The second-order valence-electron chi connectivity index (χ2n) is 4.53. The molecule has 0 spiro atoms. The van der Waals surface area contributed by atoms with Gasteiger partial charge in [0.15, 0.2) is 0 Å². The molecule has 0 aromatic carbocycles. The van der Waals surface area contributed by atoms with Crippen LogP contribution < -0.4 is 5.32 Å². The molecule has 1 N–H and O–H groups in total. The number of nitrogens with one attached hydrogen (secondary N) is 1. The Morgan fingerprint density at radius 2 is 2.27 bits per heavy atom. The second kappa shape index (κ2) is 7.02. The molecule has 0 aromatic rings. The predicted molar refractivity (Wildman–Crippen MR) is 67.2 cm³/mol. The van der Waals surface area contributed by atoms with E-state index in [1.54, 1.807) is 0 Å². The molecule has 0 aliphatic carbocycles. The van der Waals surface area contributed by atoms with Gasteiger partial charge in [-0.1, -0.05) is 26.3 Å². The highest BCUT2D eigenvalue weighted by atomic mass is 15.2. The van der Waals surface area contributed by atoms with Gasteiger partial charge in [-0.3, -0.25) is 4.90 Å². The van der Waals surface area contributed by atoms with Crippen LogP contribution in [0.25, 0.3) is 0 Å². The Bertz CT molecular complexity index is 179. The molecule has 1 rings (SSSR count). The lowest BCUT2D eigenvalue weighted by molar-refractivity contribution is 0.125. The monoisotopic (exact) mass is 210 g/mol. The molecule has 1 fully saturated rings. The zero-order valence-electron chi connectivity index (χ0n) is 10.3. The van der Waals surface area contributed by atoms with Gasteiger partial charge in [-0.05, 0) is 19.3 Å². The van der Waals surface area contributed by atoms with Gasteiger partial charge in [-0.2, -0.15) is 0 Å². The summed E-state index contributed by atoms with van der Waals surface area (Å²) in [7, 11) is 0. The number of piperazine rings is 1. The fourth-order valence-corrected chi connectivity index (χ4v) is 2.40. The van der Waals surface area contributed by atoms with Crippen LogP contribution in [-0.4, -0.2) is 36.6 Å². The van der Waals surface area contributed by atoms with Crippen molar-refractivity contribution in [2.75, 3.05) is 19.6 Å².